The summed E-state index contributed by atoms with van der Waals surface area (Å²) >= 11 is 10.7. The molecule has 2 rings (SSSR count). The number of hydrogen-bond donors (Lipinski definition) is 2. The van der Waals surface area contributed by atoms with Crippen LogP contribution in [0.3, 0.4) is 0 Å². The maximum Gasteiger partial charge on any atom is 0.257 e. The molecular weight excluding hydrogens is 451 g/mol. The predicted octanol–water partition coefficient (Wildman–Crippen LogP) is 4.18. The molecule has 1 amide bonds. The molecule has 2 N–H and O–H groups in total. The van der Waals surface area contributed by atoms with Crippen molar-refractivity contribution in [2.45, 2.75) is 0 Å². The molecule has 0 aliphatic heterocycles. The third-order valence-electron chi connectivity index (χ3n) is 2.44. The van der Waals surface area contributed by atoms with Gasteiger partial charge in [-0.1, -0.05) is 15.9 Å². The minimum Gasteiger partial charge on any atom is -0.332 e. The molecule has 102 valence electrons. The van der Waals surface area contributed by atoms with Crippen LogP contribution in [-0.2, 0) is 0 Å². The monoisotopic (exact) mass is 460 g/mol. The maximum atomic E-state index is 12.0. The molecule has 0 aromatic heterocycles. The number of carbonyl (C=O) groups is 1. The molecule has 2 aromatic carbocycles. The number of carbonyl (C=O) groups excluding carboxylic acids is 1. The minimum atomic E-state index is -0.236. The van der Waals surface area contributed by atoms with Crippen molar-refractivity contribution in [2.75, 3.05) is 5.32 Å². The Morgan fingerprint density at radius 2 is 1.65 bits per heavy atom. The average Bonchev–Trinajstić information content (AvgIpc) is 2.42. The van der Waals surface area contributed by atoms with Gasteiger partial charge in [-0.3, -0.25) is 10.1 Å². The van der Waals surface area contributed by atoms with E-state index in [1.165, 1.54) is 0 Å². The summed E-state index contributed by atoms with van der Waals surface area (Å²) in [6.45, 7) is 0. The molecule has 6 heteroatoms. The van der Waals surface area contributed by atoms with E-state index in [1.54, 1.807) is 12.1 Å². The van der Waals surface area contributed by atoms with Crippen LogP contribution in [0.25, 0.3) is 0 Å². The van der Waals surface area contributed by atoms with Crippen molar-refractivity contribution in [3.63, 3.8) is 0 Å². The first kappa shape index (κ1) is 15.4. The predicted molar refractivity (Wildman–Crippen MR) is 97.0 cm³/mol. The maximum absolute atomic E-state index is 12.0. The lowest BCUT2D eigenvalue weighted by molar-refractivity contribution is 0.0977. The van der Waals surface area contributed by atoms with Crippen molar-refractivity contribution >= 4 is 67.4 Å². The van der Waals surface area contributed by atoms with E-state index in [4.69, 9.17) is 12.2 Å². The van der Waals surface area contributed by atoms with E-state index in [2.05, 4.69) is 49.2 Å². The molecule has 0 spiro atoms. The number of halogens is 2. The highest BCUT2D eigenvalue weighted by Gasteiger charge is 2.07. The van der Waals surface area contributed by atoms with Gasteiger partial charge in [-0.15, -0.1) is 0 Å². The number of benzene rings is 2. The van der Waals surface area contributed by atoms with E-state index in [1.807, 2.05) is 36.4 Å². The molecule has 0 aliphatic carbocycles. The number of anilines is 1. The van der Waals surface area contributed by atoms with Crippen molar-refractivity contribution in [1.82, 2.24) is 5.32 Å². The summed E-state index contributed by atoms with van der Waals surface area (Å²) < 4.78 is 2.06. The zero-order chi connectivity index (χ0) is 14.5. The van der Waals surface area contributed by atoms with Crippen LogP contribution in [0, 0.1) is 3.57 Å². The van der Waals surface area contributed by atoms with E-state index in [0.29, 0.717) is 5.56 Å². The number of amides is 1. The highest BCUT2D eigenvalue weighted by atomic mass is 127. The standard InChI is InChI=1S/C14H10BrIN2OS/c15-10-3-1-9(2-4-10)13(19)18-14(20)17-12-7-5-11(16)6-8-12/h1-8H,(H2,17,18,19,20). The Bertz CT molecular complexity index is 629. The Morgan fingerprint density at radius 1 is 1.05 bits per heavy atom. The van der Waals surface area contributed by atoms with Crippen LogP contribution in [0.2, 0.25) is 0 Å². The van der Waals surface area contributed by atoms with Crippen LogP contribution in [0.1, 0.15) is 10.4 Å². The smallest absolute Gasteiger partial charge is 0.257 e. The van der Waals surface area contributed by atoms with E-state index in [9.17, 15) is 4.79 Å². The van der Waals surface area contributed by atoms with Gasteiger partial charge in [0.2, 0.25) is 0 Å². The van der Waals surface area contributed by atoms with Crippen molar-refractivity contribution in [3.05, 3.63) is 62.1 Å². The van der Waals surface area contributed by atoms with Gasteiger partial charge in [0.25, 0.3) is 5.91 Å². The van der Waals surface area contributed by atoms with Crippen molar-refractivity contribution < 1.29 is 4.79 Å². The molecular formula is C14H10BrIN2OS. The quantitative estimate of drug-likeness (QED) is 0.521. The lowest BCUT2D eigenvalue weighted by Crippen LogP contribution is -2.34. The SMILES string of the molecule is O=C(NC(=S)Nc1ccc(I)cc1)c1ccc(Br)cc1. The van der Waals surface area contributed by atoms with Crippen LogP contribution in [0.4, 0.5) is 5.69 Å². The molecule has 3 nitrogen and oxygen atoms in total. The van der Waals surface area contributed by atoms with Gasteiger partial charge in [0.1, 0.15) is 0 Å². The van der Waals surface area contributed by atoms with E-state index >= 15 is 0 Å². The molecule has 0 radical (unpaired) electrons. The van der Waals surface area contributed by atoms with Gasteiger partial charge in [-0.05, 0) is 83.3 Å². The number of rotatable bonds is 2. The van der Waals surface area contributed by atoms with Gasteiger partial charge >= 0.3 is 0 Å². The van der Waals surface area contributed by atoms with Crippen LogP contribution in [-0.4, -0.2) is 11.0 Å². The van der Waals surface area contributed by atoms with Gasteiger partial charge in [0.15, 0.2) is 5.11 Å². The second-order valence-electron chi connectivity index (χ2n) is 3.92. The van der Waals surface area contributed by atoms with Crippen LogP contribution >= 0.6 is 50.7 Å². The van der Waals surface area contributed by atoms with Crippen molar-refractivity contribution in [2.24, 2.45) is 0 Å². The third kappa shape index (κ3) is 4.53. The number of thiocarbonyl (C=S) groups is 1. The lowest BCUT2D eigenvalue weighted by Gasteiger charge is -2.09. The third-order valence-corrected chi connectivity index (χ3v) is 3.89. The zero-order valence-corrected chi connectivity index (χ0v) is 14.8. The highest BCUT2D eigenvalue weighted by molar-refractivity contribution is 14.1. The summed E-state index contributed by atoms with van der Waals surface area (Å²) in [5.74, 6) is -0.236. The summed E-state index contributed by atoms with van der Waals surface area (Å²) in [4.78, 5) is 12.0. The van der Waals surface area contributed by atoms with Gasteiger partial charge in [0, 0.05) is 19.3 Å². The molecule has 2 aromatic rings. The van der Waals surface area contributed by atoms with E-state index < -0.39 is 0 Å². The Balaban J connectivity index is 1.95. The molecule has 0 saturated heterocycles. The van der Waals surface area contributed by atoms with Crippen LogP contribution in [0.5, 0.6) is 0 Å². The molecule has 0 atom stereocenters. The summed E-state index contributed by atoms with van der Waals surface area (Å²) in [5, 5.41) is 5.89. The summed E-state index contributed by atoms with van der Waals surface area (Å²) in [6, 6.07) is 14.8. The molecule has 0 aliphatic rings. The second kappa shape index (κ2) is 7.14. The zero-order valence-electron chi connectivity index (χ0n) is 10.2. The van der Waals surface area contributed by atoms with Crippen LogP contribution in [0.15, 0.2) is 53.0 Å². The lowest BCUT2D eigenvalue weighted by atomic mass is 10.2. The molecule has 0 bridgehead atoms. The first-order valence-corrected chi connectivity index (χ1v) is 7.96. The molecule has 0 fully saturated rings. The summed E-state index contributed by atoms with van der Waals surface area (Å²) in [6.07, 6.45) is 0. The van der Waals surface area contributed by atoms with Crippen molar-refractivity contribution in [3.8, 4) is 0 Å². The van der Waals surface area contributed by atoms with Crippen molar-refractivity contribution in [1.29, 1.82) is 0 Å². The molecule has 0 heterocycles. The highest BCUT2D eigenvalue weighted by Crippen LogP contribution is 2.12. The normalized spacial score (nSPS) is 9.90. The Kier molecular flexibility index (Phi) is 5.50. The fourth-order valence-corrected chi connectivity index (χ4v) is 2.31. The number of hydrogen-bond acceptors (Lipinski definition) is 2. The Hall–Kier alpha value is -0.990. The van der Waals surface area contributed by atoms with Crippen LogP contribution < -0.4 is 10.6 Å². The largest absolute Gasteiger partial charge is 0.332 e. The Labute approximate surface area is 144 Å². The minimum absolute atomic E-state index is 0.236. The first-order valence-electron chi connectivity index (χ1n) is 5.68. The fraction of sp³-hybridized carbons (Fsp3) is 0. The molecule has 0 unspecified atom stereocenters. The second-order valence-corrected chi connectivity index (χ2v) is 6.49. The summed E-state index contributed by atoms with van der Waals surface area (Å²) in [5.41, 5.74) is 1.39. The average molecular weight is 461 g/mol. The van der Waals surface area contributed by atoms with Gasteiger partial charge in [0.05, 0.1) is 0 Å². The Morgan fingerprint density at radius 3 is 2.25 bits per heavy atom. The molecule has 0 saturated carbocycles. The van der Waals surface area contributed by atoms with Gasteiger partial charge in [-0.2, -0.15) is 0 Å². The fourth-order valence-electron chi connectivity index (χ4n) is 1.47. The molecule has 20 heavy (non-hydrogen) atoms. The van der Waals surface area contributed by atoms with E-state index in [-0.39, 0.29) is 11.0 Å². The topological polar surface area (TPSA) is 41.1 Å². The van der Waals surface area contributed by atoms with Gasteiger partial charge < -0.3 is 5.32 Å². The van der Waals surface area contributed by atoms with Gasteiger partial charge in [-0.25, -0.2) is 0 Å². The number of nitrogens with one attached hydrogen (secondary N) is 2. The van der Waals surface area contributed by atoms with E-state index in [0.717, 1.165) is 13.7 Å². The summed E-state index contributed by atoms with van der Waals surface area (Å²) in [7, 11) is 0. The first-order chi connectivity index (χ1) is 9.54.